The summed E-state index contributed by atoms with van der Waals surface area (Å²) < 4.78 is 0. The fourth-order valence-electron chi connectivity index (χ4n) is 1.19. The number of nitrogens with two attached hydrogens (primary N) is 1. The second-order valence-electron chi connectivity index (χ2n) is 2.59. The third-order valence-electron chi connectivity index (χ3n) is 1.81. The van der Waals surface area contributed by atoms with E-state index >= 15 is 0 Å². The van der Waals surface area contributed by atoms with Crippen molar-refractivity contribution < 1.29 is 0 Å². The molecule has 0 bridgehead atoms. The number of nitrogen functional groups attached to an aromatic ring is 1. The number of hydrogen-bond donors (Lipinski definition) is 1. The Hall–Kier alpha value is -2.15. The summed E-state index contributed by atoms with van der Waals surface area (Å²) in [6.45, 7) is 0. The zero-order chi connectivity index (χ0) is 9.26. The van der Waals surface area contributed by atoms with Gasteiger partial charge in [-0.3, -0.25) is 0 Å². The van der Waals surface area contributed by atoms with Crippen molar-refractivity contribution in [3.63, 3.8) is 0 Å². The average molecular weight is 170 g/mol. The predicted octanol–water partition coefficient (Wildman–Crippen LogP) is 1.08. The molecule has 1 heterocycles. The van der Waals surface area contributed by atoms with Gasteiger partial charge in [-0.05, 0) is 6.07 Å². The first-order valence-electron chi connectivity index (χ1n) is 3.74. The number of benzene rings is 1. The van der Waals surface area contributed by atoms with Gasteiger partial charge >= 0.3 is 0 Å². The van der Waals surface area contributed by atoms with E-state index in [1.807, 2.05) is 18.2 Å². The molecule has 0 fully saturated rings. The van der Waals surface area contributed by atoms with Crippen LogP contribution in [0.4, 0.5) is 5.82 Å². The summed E-state index contributed by atoms with van der Waals surface area (Å²) in [4.78, 5) is 0. The van der Waals surface area contributed by atoms with Crippen LogP contribution in [0, 0.1) is 11.3 Å². The first-order chi connectivity index (χ1) is 6.33. The van der Waals surface area contributed by atoms with Crippen LogP contribution in [-0.2, 0) is 0 Å². The van der Waals surface area contributed by atoms with Gasteiger partial charge in [-0.1, -0.05) is 18.2 Å². The Morgan fingerprint density at radius 1 is 1.23 bits per heavy atom. The van der Waals surface area contributed by atoms with Crippen LogP contribution in [0.1, 0.15) is 5.56 Å². The van der Waals surface area contributed by atoms with Gasteiger partial charge in [0.05, 0.1) is 5.52 Å². The molecule has 13 heavy (non-hydrogen) atoms. The van der Waals surface area contributed by atoms with Gasteiger partial charge in [-0.15, -0.1) is 10.2 Å². The largest absolute Gasteiger partial charge is 0.381 e. The van der Waals surface area contributed by atoms with Crippen molar-refractivity contribution >= 4 is 16.7 Å². The number of rotatable bonds is 0. The van der Waals surface area contributed by atoms with Crippen LogP contribution < -0.4 is 5.73 Å². The van der Waals surface area contributed by atoms with E-state index in [1.165, 1.54) is 0 Å². The van der Waals surface area contributed by atoms with E-state index in [1.54, 1.807) is 12.1 Å². The quantitative estimate of drug-likeness (QED) is 0.641. The predicted molar refractivity (Wildman–Crippen MR) is 48.7 cm³/mol. The number of fused-ring (bicyclic) bond motifs is 1. The third kappa shape index (κ3) is 1.07. The van der Waals surface area contributed by atoms with Crippen molar-refractivity contribution in [2.45, 2.75) is 0 Å². The monoisotopic (exact) mass is 170 g/mol. The van der Waals surface area contributed by atoms with Gasteiger partial charge in [0.25, 0.3) is 0 Å². The highest BCUT2D eigenvalue weighted by Gasteiger charge is 2.05. The second kappa shape index (κ2) is 2.72. The lowest BCUT2D eigenvalue weighted by atomic mass is 10.1. The van der Waals surface area contributed by atoms with Gasteiger partial charge in [0.1, 0.15) is 11.6 Å². The molecule has 0 saturated carbocycles. The number of hydrogen-bond acceptors (Lipinski definition) is 4. The first-order valence-corrected chi connectivity index (χ1v) is 3.74. The normalized spacial score (nSPS) is 9.77. The van der Waals surface area contributed by atoms with Gasteiger partial charge < -0.3 is 5.73 Å². The fourth-order valence-corrected chi connectivity index (χ4v) is 1.19. The van der Waals surface area contributed by atoms with Crippen molar-refractivity contribution in [1.82, 2.24) is 10.2 Å². The molecule has 2 N–H and O–H groups in total. The maximum atomic E-state index is 8.82. The summed E-state index contributed by atoms with van der Waals surface area (Å²) in [5, 5.41) is 17.1. The molecule has 0 spiro atoms. The summed E-state index contributed by atoms with van der Waals surface area (Å²) in [7, 11) is 0. The van der Waals surface area contributed by atoms with Crippen molar-refractivity contribution in [3.05, 3.63) is 29.8 Å². The summed E-state index contributed by atoms with van der Waals surface area (Å²) in [6, 6.07) is 9.29. The Kier molecular flexibility index (Phi) is 1.57. The fraction of sp³-hybridized carbons (Fsp3) is 0. The molecule has 1 aromatic heterocycles. The van der Waals surface area contributed by atoms with Crippen molar-refractivity contribution in [2.75, 3.05) is 5.73 Å². The Balaban J connectivity index is 2.94. The highest BCUT2D eigenvalue weighted by atomic mass is 15.1. The van der Waals surface area contributed by atoms with Crippen molar-refractivity contribution in [1.29, 1.82) is 5.26 Å². The number of anilines is 1. The zero-order valence-corrected chi connectivity index (χ0v) is 6.73. The van der Waals surface area contributed by atoms with Crippen LogP contribution in [0.25, 0.3) is 10.9 Å². The molecule has 0 saturated heterocycles. The molecule has 0 atom stereocenters. The van der Waals surface area contributed by atoms with Crippen LogP contribution in [0.15, 0.2) is 24.3 Å². The van der Waals surface area contributed by atoms with E-state index in [9.17, 15) is 0 Å². The summed E-state index contributed by atoms with van der Waals surface area (Å²) in [5.41, 5.74) is 6.58. The Bertz CT molecular complexity index is 498. The summed E-state index contributed by atoms with van der Waals surface area (Å²) in [6.07, 6.45) is 0. The molecule has 0 radical (unpaired) electrons. The molecule has 4 heteroatoms. The van der Waals surface area contributed by atoms with E-state index in [0.29, 0.717) is 11.1 Å². The molecule has 2 rings (SSSR count). The third-order valence-corrected chi connectivity index (χ3v) is 1.81. The molecular formula is C9H6N4. The highest BCUT2D eigenvalue weighted by molar-refractivity contribution is 5.87. The molecule has 1 aromatic carbocycles. The second-order valence-corrected chi connectivity index (χ2v) is 2.59. The number of aromatic nitrogens is 2. The minimum Gasteiger partial charge on any atom is -0.381 e. The number of nitrogens with zero attached hydrogens (tertiary/aromatic N) is 3. The standard InChI is InChI=1S/C9H6N4/c10-5-7-6-3-1-2-4-8(6)12-13-9(7)11/h1-4H,(H2,11,13). The Morgan fingerprint density at radius 2 is 2.00 bits per heavy atom. The van der Waals surface area contributed by atoms with E-state index in [4.69, 9.17) is 11.0 Å². The Morgan fingerprint density at radius 3 is 2.77 bits per heavy atom. The SMILES string of the molecule is N#Cc1c(N)nnc2ccccc12. The molecule has 62 valence electrons. The molecule has 0 aliphatic heterocycles. The van der Waals surface area contributed by atoms with Crippen molar-refractivity contribution in [2.24, 2.45) is 0 Å². The van der Waals surface area contributed by atoms with E-state index < -0.39 is 0 Å². The summed E-state index contributed by atoms with van der Waals surface area (Å²) >= 11 is 0. The first kappa shape index (κ1) is 7.50. The van der Waals surface area contributed by atoms with Crippen molar-refractivity contribution in [3.8, 4) is 6.07 Å². The van der Waals surface area contributed by atoms with E-state index in [-0.39, 0.29) is 5.82 Å². The topological polar surface area (TPSA) is 75.6 Å². The van der Waals surface area contributed by atoms with Gasteiger partial charge in [0.2, 0.25) is 0 Å². The number of nitriles is 1. The zero-order valence-electron chi connectivity index (χ0n) is 6.73. The molecule has 0 aliphatic rings. The van der Waals surface area contributed by atoms with E-state index in [2.05, 4.69) is 10.2 Å². The van der Waals surface area contributed by atoms with Crippen LogP contribution in [0.2, 0.25) is 0 Å². The van der Waals surface area contributed by atoms with Gasteiger partial charge in [0.15, 0.2) is 5.82 Å². The van der Waals surface area contributed by atoms with Gasteiger partial charge in [-0.25, -0.2) is 0 Å². The van der Waals surface area contributed by atoms with Crippen LogP contribution in [0.5, 0.6) is 0 Å². The Labute approximate surface area is 74.6 Å². The van der Waals surface area contributed by atoms with Gasteiger partial charge in [0, 0.05) is 5.39 Å². The van der Waals surface area contributed by atoms with E-state index in [0.717, 1.165) is 5.39 Å². The average Bonchev–Trinajstić information content (AvgIpc) is 2.18. The molecule has 0 unspecified atom stereocenters. The molecule has 0 aliphatic carbocycles. The van der Waals surface area contributed by atoms with Gasteiger partial charge in [-0.2, -0.15) is 5.26 Å². The molecule has 0 amide bonds. The lowest BCUT2D eigenvalue weighted by Gasteiger charge is -1.99. The summed E-state index contributed by atoms with van der Waals surface area (Å²) in [5.74, 6) is 0.182. The molecular weight excluding hydrogens is 164 g/mol. The van der Waals surface area contributed by atoms with Crippen LogP contribution in [0.3, 0.4) is 0 Å². The molecule has 2 aromatic rings. The lowest BCUT2D eigenvalue weighted by Crippen LogP contribution is -1.98. The van der Waals surface area contributed by atoms with Crippen LogP contribution in [-0.4, -0.2) is 10.2 Å². The lowest BCUT2D eigenvalue weighted by molar-refractivity contribution is 1.08. The smallest absolute Gasteiger partial charge is 0.164 e. The minimum atomic E-state index is 0.182. The molecule has 4 nitrogen and oxygen atoms in total. The maximum Gasteiger partial charge on any atom is 0.164 e. The maximum absolute atomic E-state index is 8.82. The minimum absolute atomic E-state index is 0.182. The van der Waals surface area contributed by atoms with Crippen LogP contribution >= 0.6 is 0 Å². The highest BCUT2D eigenvalue weighted by Crippen LogP contribution is 2.18.